The summed E-state index contributed by atoms with van der Waals surface area (Å²) in [5.74, 6) is 0. The van der Waals surface area contributed by atoms with Crippen LogP contribution in [0.15, 0.2) is 16.9 Å². The first-order valence-corrected chi connectivity index (χ1v) is 4.17. The molecule has 0 fully saturated rings. The second kappa shape index (κ2) is 3.21. The average molecular weight is 222 g/mol. The van der Waals surface area contributed by atoms with Crippen molar-refractivity contribution < 1.29 is 0 Å². The van der Waals surface area contributed by atoms with Gasteiger partial charge in [-0.05, 0) is 11.6 Å². The smallest absolute Gasteiger partial charge is 0.249 e. The Labute approximate surface area is 71.3 Å². The highest BCUT2D eigenvalue weighted by Crippen LogP contribution is 2.07. The van der Waals surface area contributed by atoms with Gasteiger partial charge >= 0.3 is 0 Å². The van der Waals surface area contributed by atoms with Gasteiger partial charge in [0.2, 0.25) is 5.56 Å². The standard InChI is InChI=1S/C6H5BrClNO/c7-3-4-1-5(8)9-6(10)2-4/h1-2H,3H2,(H,9,10). The third-order valence-electron chi connectivity index (χ3n) is 1.03. The second-order valence-corrected chi connectivity index (χ2v) is 2.80. The van der Waals surface area contributed by atoms with E-state index < -0.39 is 0 Å². The molecule has 54 valence electrons. The fourth-order valence-electron chi connectivity index (χ4n) is 0.640. The molecule has 0 aliphatic carbocycles. The molecule has 1 aromatic rings. The number of nitrogens with one attached hydrogen (secondary N) is 1. The molecule has 0 aromatic carbocycles. The van der Waals surface area contributed by atoms with Gasteiger partial charge in [0.15, 0.2) is 0 Å². The quantitative estimate of drug-likeness (QED) is 0.571. The summed E-state index contributed by atoms with van der Waals surface area (Å²) >= 11 is 8.77. The molecule has 0 saturated carbocycles. The minimum Gasteiger partial charge on any atom is -0.313 e. The summed E-state index contributed by atoms with van der Waals surface area (Å²) in [5, 5.41) is 1.03. The lowest BCUT2D eigenvalue weighted by Gasteiger charge is -1.93. The Balaban J connectivity index is 3.19. The van der Waals surface area contributed by atoms with Gasteiger partial charge in [0.05, 0.1) is 0 Å². The van der Waals surface area contributed by atoms with E-state index >= 15 is 0 Å². The van der Waals surface area contributed by atoms with Crippen molar-refractivity contribution in [2.75, 3.05) is 0 Å². The summed E-state index contributed by atoms with van der Waals surface area (Å²) in [5.41, 5.74) is 0.718. The zero-order valence-electron chi connectivity index (χ0n) is 5.03. The van der Waals surface area contributed by atoms with E-state index in [0.717, 1.165) is 5.56 Å². The van der Waals surface area contributed by atoms with Gasteiger partial charge < -0.3 is 4.98 Å². The number of halogens is 2. The van der Waals surface area contributed by atoms with E-state index in [0.29, 0.717) is 10.5 Å². The minimum absolute atomic E-state index is 0.165. The Hall–Kier alpha value is -0.280. The molecule has 0 saturated heterocycles. The lowest BCUT2D eigenvalue weighted by atomic mass is 10.3. The van der Waals surface area contributed by atoms with Crippen molar-refractivity contribution in [3.63, 3.8) is 0 Å². The van der Waals surface area contributed by atoms with Gasteiger partial charge in [0.1, 0.15) is 5.15 Å². The Bertz CT molecular complexity index is 283. The Morgan fingerprint density at radius 2 is 2.30 bits per heavy atom. The predicted molar refractivity (Wildman–Crippen MR) is 44.7 cm³/mol. The topological polar surface area (TPSA) is 32.9 Å². The van der Waals surface area contributed by atoms with Gasteiger partial charge in [-0.15, -0.1) is 0 Å². The Morgan fingerprint density at radius 3 is 2.80 bits per heavy atom. The van der Waals surface area contributed by atoms with Crippen molar-refractivity contribution in [2.45, 2.75) is 5.33 Å². The number of aromatic amines is 1. The number of hydrogen-bond acceptors (Lipinski definition) is 1. The van der Waals surface area contributed by atoms with Crippen LogP contribution in [-0.4, -0.2) is 4.98 Å². The molecule has 2 nitrogen and oxygen atoms in total. The summed E-state index contributed by atoms with van der Waals surface area (Å²) in [4.78, 5) is 13.1. The number of rotatable bonds is 1. The molecule has 10 heavy (non-hydrogen) atoms. The molecule has 1 N–H and O–H groups in total. The normalized spacial score (nSPS) is 9.80. The van der Waals surface area contributed by atoms with Crippen molar-refractivity contribution in [2.24, 2.45) is 0 Å². The molecule has 0 bridgehead atoms. The van der Waals surface area contributed by atoms with E-state index in [1.54, 1.807) is 6.07 Å². The highest BCUT2D eigenvalue weighted by molar-refractivity contribution is 9.08. The van der Waals surface area contributed by atoms with Gasteiger partial charge in [-0.2, -0.15) is 0 Å². The fourth-order valence-corrected chi connectivity index (χ4v) is 1.20. The van der Waals surface area contributed by atoms with E-state index in [-0.39, 0.29) is 5.56 Å². The lowest BCUT2D eigenvalue weighted by molar-refractivity contribution is 1.20. The summed E-state index contributed by atoms with van der Waals surface area (Å²) in [7, 11) is 0. The summed E-state index contributed by atoms with van der Waals surface area (Å²) in [6, 6.07) is 3.21. The number of aromatic nitrogens is 1. The zero-order valence-corrected chi connectivity index (χ0v) is 7.37. The Kier molecular flexibility index (Phi) is 2.51. The molecule has 0 amide bonds. The van der Waals surface area contributed by atoms with Crippen LogP contribution in [0.2, 0.25) is 5.15 Å². The zero-order chi connectivity index (χ0) is 7.56. The SMILES string of the molecule is O=c1cc(CBr)cc(Cl)[nH]1. The van der Waals surface area contributed by atoms with E-state index in [1.807, 2.05) is 0 Å². The van der Waals surface area contributed by atoms with Crippen LogP contribution in [0, 0.1) is 0 Å². The van der Waals surface area contributed by atoms with Crippen LogP contribution in [0.25, 0.3) is 0 Å². The van der Waals surface area contributed by atoms with Crippen LogP contribution >= 0.6 is 27.5 Å². The third kappa shape index (κ3) is 1.85. The number of pyridine rings is 1. The second-order valence-electron chi connectivity index (χ2n) is 1.83. The monoisotopic (exact) mass is 221 g/mol. The van der Waals surface area contributed by atoms with Gasteiger partial charge in [-0.3, -0.25) is 4.79 Å². The molecule has 0 aliphatic heterocycles. The molecular weight excluding hydrogens is 217 g/mol. The summed E-state index contributed by atoms with van der Waals surface area (Å²) < 4.78 is 0. The highest BCUT2D eigenvalue weighted by atomic mass is 79.9. The third-order valence-corrected chi connectivity index (χ3v) is 1.88. The average Bonchev–Trinajstić information content (AvgIpc) is 1.85. The lowest BCUT2D eigenvalue weighted by Crippen LogP contribution is -2.04. The Morgan fingerprint density at radius 1 is 1.60 bits per heavy atom. The van der Waals surface area contributed by atoms with Crippen molar-refractivity contribution in [1.82, 2.24) is 4.98 Å². The summed E-state index contributed by atoms with van der Waals surface area (Å²) in [6.45, 7) is 0. The first kappa shape index (κ1) is 7.82. The molecule has 0 radical (unpaired) electrons. The molecule has 1 aromatic heterocycles. The van der Waals surface area contributed by atoms with Gasteiger partial charge in [-0.1, -0.05) is 27.5 Å². The number of hydrogen-bond donors (Lipinski definition) is 1. The molecule has 1 heterocycles. The molecule has 4 heteroatoms. The molecule has 0 aliphatic rings. The van der Waals surface area contributed by atoms with Crippen LogP contribution in [0.1, 0.15) is 5.56 Å². The van der Waals surface area contributed by atoms with Crippen LogP contribution < -0.4 is 5.56 Å². The number of H-pyrrole nitrogens is 1. The van der Waals surface area contributed by atoms with Crippen molar-refractivity contribution >= 4 is 27.5 Å². The summed E-state index contributed by atoms with van der Waals surface area (Å²) in [6.07, 6.45) is 0. The van der Waals surface area contributed by atoms with E-state index in [1.165, 1.54) is 6.07 Å². The van der Waals surface area contributed by atoms with E-state index in [2.05, 4.69) is 20.9 Å². The van der Waals surface area contributed by atoms with Crippen LogP contribution in [0.4, 0.5) is 0 Å². The maximum absolute atomic E-state index is 10.7. The van der Waals surface area contributed by atoms with E-state index in [9.17, 15) is 4.79 Å². The van der Waals surface area contributed by atoms with Crippen LogP contribution in [0.3, 0.4) is 0 Å². The predicted octanol–water partition coefficient (Wildman–Crippen LogP) is 1.92. The van der Waals surface area contributed by atoms with Crippen LogP contribution in [-0.2, 0) is 5.33 Å². The minimum atomic E-state index is -0.165. The maximum Gasteiger partial charge on any atom is 0.249 e. The molecule has 1 rings (SSSR count). The maximum atomic E-state index is 10.7. The molecule has 0 atom stereocenters. The fraction of sp³-hybridized carbons (Fsp3) is 0.167. The van der Waals surface area contributed by atoms with Gasteiger partial charge in [0.25, 0.3) is 0 Å². The van der Waals surface area contributed by atoms with Crippen molar-refractivity contribution in [3.8, 4) is 0 Å². The van der Waals surface area contributed by atoms with E-state index in [4.69, 9.17) is 11.6 Å². The first-order valence-electron chi connectivity index (χ1n) is 2.67. The largest absolute Gasteiger partial charge is 0.313 e. The van der Waals surface area contributed by atoms with Crippen molar-refractivity contribution in [3.05, 3.63) is 33.2 Å². The van der Waals surface area contributed by atoms with Crippen LogP contribution in [0.5, 0.6) is 0 Å². The molecular formula is C6H5BrClNO. The molecule has 0 unspecified atom stereocenters. The highest BCUT2D eigenvalue weighted by Gasteiger charge is 1.93. The first-order chi connectivity index (χ1) is 4.72. The van der Waals surface area contributed by atoms with Crippen molar-refractivity contribution in [1.29, 1.82) is 0 Å². The van der Waals surface area contributed by atoms with Gasteiger partial charge in [-0.25, -0.2) is 0 Å². The molecule has 0 spiro atoms. The number of alkyl halides is 1. The van der Waals surface area contributed by atoms with Gasteiger partial charge in [0, 0.05) is 11.4 Å².